The maximum Gasteiger partial charge on any atom is 0.294 e. The number of hydrogen-bond acceptors (Lipinski definition) is 7. The maximum absolute atomic E-state index is 13.6. The first kappa shape index (κ1) is 20.4. The summed E-state index contributed by atoms with van der Waals surface area (Å²) in [6.45, 7) is 0.795. The van der Waals surface area contributed by atoms with Crippen molar-refractivity contribution in [3.63, 3.8) is 0 Å². The van der Waals surface area contributed by atoms with Crippen LogP contribution in [0.2, 0.25) is 5.02 Å². The van der Waals surface area contributed by atoms with Gasteiger partial charge >= 0.3 is 0 Å². The van der Waals surface area contributed by atoms with Crippen molar-refractivity contribution < 1.29 is 33.0 Å². The molecule has 4 aromatic rings. The van der Waals surface area contributed by atoms with Gasteiger partial charge in [-0.25, -0.2) is 0 Å². The molecule has 0 spiro atoms. The molecule has 170 valence electrons. The van der Waals surface area contributed by atoms with Crippen LogP contribution in [0, 0.1) is 0 Å². The lowest BCUT2D eigenvalue weighted by Crippen LogP contribution is -2.31. The number of carbonyl (C=O) groups is 2. The van der Waals surface area contributed by atoms with Crippen LogP contribution in [0.4, 0.5) is 5.69 Å². The number of halogens is 1. The number of rotatable bonds is 4. The molecule has 8 nitrogen and oxygen atoms in total. The van der Waals surface area contributed by atoms with Crippen LogP contribution in [0.15, 0.2) is 81.0 Å². The zero-order valence-corrected chi connectivity index (χ0v) is 18.2. The van der Waals surface area contributed by atoms with Crippen molar-refractivity contribution in [3.8, 4) is 11.5 Å². The van der Waals surface area contributed by atoms with Crippen molar-refractivity contribution in [2.45, 2.75) is 6.04 Å². The van der Waals surface area contributed by atoms with Crippen molar-refractivity contribution in [3.05, 3.63) is 88.7 Å². The largest absolute Gasteiger partial charge is 0.503 e. The molecule has 1 N–H and O–H groups in total. The first-order valence-electron chi connectivity index (χ1n) is 10.4. The second-order valence-corrected chi connectivity index (χ2v) is 8.24. The molecule has 9 heteroatoms. The molecule has 2 aromatic heterocycles. The number of anilines is 1. The van der Waals surface area contributed by atoms with E-state index in [1.54, 1.807) is 48.5 Å². The third kappa shape index (κ3) is 3.14. The Bertz CT molecular complexity index is 1480. The highest BCUT2D eigenvalue weighted by Crippen LogP contribution is 2.44. The molecular formula is C25H16ClNO7. The number of aliphatic hydroxyl groups is 1. The molecule has 1 amide bonds. The van der Waals surface area contributed by atoms with Crippen LogP contribution in [0.1, 0.15) is 22.4 Å². The predicted octanol–water partition coefficient (Wildman–Crippen LogP) is 5.23. The summed E-state index contributed by atoms with van der Waals surface area (Å²) < 4.78 is 22.5. The molecule has 6 rings (SSSR count). The molecule has 1 atom stereocenters. The van der Waals surface area contributed by atoms with E-state index in [2.05, 4.69) is 0 Å². The molecule has 4 heterocycles. The zero-order valence-electron chi connectivity index (χ0n) is 17.5. The van der Waals surface area contributed by atoms with Crippen LogP contribution in [-0.2, 0) is 4.79 Å². The fourth-order valence-electron chi connectivity index (χ4n) is 4.26. The van der Waals surface area contributed by atoms with E-state index in [1.165, 1.54) is 17.2 Å². The molecule has 0 bridgehead atoms. The molecular weight excluding hydrogens is 462 g/mol. The number of ketones is 1. The Morgan fingerprint density at radius 1 is 1.03 bits per heavy atom. The van der Waals surface area contributed by atoms with Crippen LogP contribution in [0.25, 0.3) is 11.0 Å². The minimum atomic E-state index is -1.02. The zero-order chi connectivity index (χ0) is 23.4. The van der Waals surface area contributed by atoms with Gasteiger partial charge in [0.15, 0.2) is 23.0 Å². The van der Waals surface area contributed by atoms with Gasteiger partial charge in [-0.05, 0) is 48.5 Å². The van der Waals surface area contributed by atoms with Gasteiger partial charge in [0.1, 0.15) is 30.6 Å². The molecule has 2 aliphatic rings. The minimum absolute atomic E-state index is 0.0350. The van der Waals surface area contributed by atoms with E-state index in [0.717, 1.165) is 0 Å². The average Bonchev–Trinajstić information content (AvgIpc) is 3.57. The van der Waals surface area contributed by atoms with Crippen LogP contribution in [0.3, 0.4) is 0 Å². The quantitative estimate of drug-likeness (QED) is 0.401. The number of amides is 1. The van der Waals surface area contributed by atoms with Gasteiger partial charge in [-0.15, -0.1) is 0 Å². The number of benzene rings is 2. The van der Waals surface area contributed by atoms with Crippen molar-refractivity contribution in [2.75, 3.05) is 18.1 Å². The Labute approximate surface area is 197 Å². The lowest BCUT2D eigenvalue weighted by atomic mass is 9.99. The first-order chi connectivity index (χ1) is 16.5. The molecule has 2 aromatic carbocycles. The molecule has 34 heavy (non-hydrogen) atoms. The number of carbonyl (C=O) groups excluding carboxylic acids is 2. The highest BCUT2D eigenvalue weighted by atomic mass is 35.5. The van der Waals surface area contributed by atoms with Crippen molar-refractivity contribution in [2.24, 2.45) is 0 Å². The fourth-order valence-corrected chi connectivity index (χ4v) is 4.44. The molecule has 0 saturated heterocycles. The Morgan fingerprint density at radius 3 is 2.65 bits per heavy atom. The van der Waals surface area contributed by atoms with Crippen LogP contribution in [-0.4, -0.2) is 30.0 Å². The van der Waals surface area contributed by atoms with Gasteiger partial charge in [-0.1, -0.05) is 11.6 Å². The number of ether oxygens (including phenoxy) is 2. The summed E-state index contributed by atoms with van der Waals surface area (Å²) >= 11 is 6.05. The second-order valence-electron chi connectivity index (χ2n) is 7.81. The summed E-state index contributed by atoms with van der Waals surface area (Å²) in [4.78, 5) is 28.1. The van der Waals surface area contributed by atoms with Crippen LogP contribution >= 0.6 is 11.6 Å². The fraction of sp³-hybridized carbons (Fsp3) is 0.120. The lowest BCUT2D eigenvalue weighted by Gasteiger charge is -2.26. The van der Waals surface area contributed by atoms with Gasteiger partial charge < -0.3 is 23.4 Å². The van der Waals surface area contributed by atoms with E-state index in [1.807, 2.05) is 0 Å². The molecule has 1 unspecified atom stereocenters. The summed E-state index contributed by atoms with van der Waals surface area (Å²) in [7, 11) is 0. The van der Waals surface area contributed by atoms with Gasteiger partial charge in [0.25, 0.3) is 5.91 Å². The molecule has 0 saturated carbocycles. The van der Waals surface area contributed by atoms with E-state index in [9.17, 15) is 14.7 Å². The highest BCUT2D eigenvalue weighted by molar-refractivity contribution is 6.31. The van der Waals surface area contributed by atoms with Gasteiger partial charge in [-0.2, -0.15) is 0 Å². The standard InChI is InChI=1S/C25H16ClNO7/c26-14-3-5-16-13(10-14)11-20(34-16)23(28)21-22(18-2-1-7-31-18)27(25(30)24(21)29)15-4-6-17-19(12-15)33-9-8-32-17/h1-7,10-12,22,29H,8-9H2. The molecule has 0 aliphatic carbocycles. The third-order valence-electron chi connectivity index (χ3n) is 5.77. The molecule has 0 radical (unpaired) electrons. The predicted molar refractivity (Wildman–Crippen MR) is 122 cm³/mol. The average molecular weight is 478 g/mol. The molecule has 2 aliphatic heterocycles. The van der Waals surface area contributed by atoms with Crippen LogP contribution in [0.5, 0.6) is 11.5 Å². The summed E-state index contributed by atoms with van der Waals surface area (Å²) in [6.07, 6.45) is 1.43. The number of hydrogen-bond donors (Lipinski definition) is 1. The normalized spacial score (nSPS) is 17.6. The Morgan fingerprint density at radius 2 is 1.85 bits per heavy atom. The van der Waals surface area contributed by atoms with E-state index < -0.39 is 23.5 Å². The maximum atomic E-state index is 13.6. The van der Waals surface area contributed by atoms with E-state index in [-0.39, 0.29) is 11.3 Å². The minimum Gasteiger partial charge on any atom is -0.503 e. The topological polar surface area (TPSA) is 102 Å². The summed E-state index contributed by atoms with van der Waals surface area (Å²) in [5.74, 6) is -0.796. The smallest absolute Gasteiger partial charge is 0.294 e. The Balaban J connectivity index is 1.46. The van der Waals surface area contributed by atoms with Crippen molar-refractivity contribution >= 4 is 39.9 Å². The Hall–Kier alpha value is -4.17. The van der Waals surface area contributed by atoms with Crippen molar-refractivity contribution in [1.29, 1.82) is 0 Å². The first-order valence-corrected chi connectivity index (χ1v) is 10.8. The number of Topliss-reactive ketones (excluding diaryl/α,β-unsaturated/α-hetero) is 1. The summed E-state index contributed by atoms with van der Waals surface area (Å²) in [5, 5.41) is 12.0. The summed E-state index contributed by atoms with van der Waals surface area (Å²) in [5.41, 5.74) is 0.705. The SMILES string of the molecule is O=C(C1=C(O)C(=O)N(c2ccc3c(c2)OCCO3)C1c1ccco1)c1cc2cc(Cl)ccc2o1. The molecule has 0 fully saturated rings. The van der Waals surface area contributed by atoms with E-state index in [0.29, 0.717) is 52.2 Å². The number of nitrogens with zero attached hydrogens (tertiary/aromatic N) is 1. The number of aliphatic hydroxyl groups excluding tert-OH is 1. The highest BCUT2D eigenvalue weighted by Gasteiger charge is 2.47. The van der Waals surface area contributed by atoms with Crippen LogP contribution < -0.4 is 14.4 Å². The monoisotopic (exact) mass is 477 g/mol. The van der Waals surface area contributed by atoms with Crippen molar-refractivity contribution in [1.82, 2.24) is 0 Å². The van der Waals surface area contributed by atoms with Gasteiger partial charge in [0.05, 0.1) is 11.8 Å². The lowest BCUT2D eigenvalue weighted by molar-refractivity contribution is -0.117. The van der Waals surface area contributed by atoms with E-state index in [4.69, 9.17) is 29.9 Å². The van der Waals surface area contributed by atoms with Gasteiger partial charge in [0.2, 0.25) is 5.78 Å². The van der Waals surface area contributed by atoms with Gasteiger partial charge in [0, 0.05) is 22.2 Å². The third-order valence-corrected chi connectivity index (χ3v) is 6.01. The van der Waals surface area contributed by atoms with E-state index >= 15 is 0 Å². The second kappa shape index (κ2) is 7.71. The number of furan rings is 2. The van der Waals surface area contributed by atoms with Gasteiger partial charge in [-0.3, -0.25) is 14.5 Å². The number of fused-ring (bicyclic) bond motifs is 2. The summed E-state index contributed by atoms with van der Waals surface area (Å²) in [6, 6.07) is 13.7. The Kier molecular flexibility index (Phi) is 4.63.